The van der Waals surface area contributed by atoms with Crippen LogP contribution < -0.4 is 0 Å². The Bertz CT molecular complexity index is 1080. The SMILES string of the molecule is CC12CCC(C1(C)C)[C@](Br)(c1nnc3ccc(-c4ccccc4)nn13)C2=O. The van der Waals surface area contributed by atoms with Gasteiger partial charge in [0.05, 0.1) is 5.69 Å². The van der Waals surface area contributed by atoms with Crippen LogP contribution in [0.25, 0.3) is 16.9 Å². The van der Waals surface area contributed by atoms with E-state index < -0.39 is 4.32 Å². The van der Waals surface area contributed by atoms with Crippen molar-refractivity contribution in [1.29, 1.82) is 0 Å². The van der Waals surface area contributed by atoms with Crippen LogP contribution in [0, 0.1) is 16.7 Å². The van der Waals surface area contributed by atoms with Crippen molar-refractivity contribution in [3.63, 3.8) is 0 Å². The highest BCUT2D eigenvalue weighted by Gasteiger charge is 2.74. The van der Waals surface area contributed by atoms with Crippen LogP contribution in [0.2, 0.25) is 0 Å². The van der Waals surface area contributed by atoms with Crippen LogP contribution in [0.5, 0.6) is 0 Å². The summed E-state index contributed by atoms with van der Waals surface area (Å²) in [4.78, 5) is 13.6. The maximum Gasteiger partial charge on any atom is 0.179 e. The largest absolute Gasteiger partial charge is 0.297 e. The molecule has 138 valence electrons. The maximum atomic E-state index is 13.6. The third-order valence-corrected chi connectivity index (χ3v) is 8.46. The fraction of sp³-hybridized carbons (Fsp3) is 0.429. The number of hydrogen-bond donors (Lipinski definition) is 0. The van der Waals surface area contributed by atoms with Crippen molar-refractivity contribution in [2.24, 2.45) is 16.7 Å². The van der Waals surface area contributed by atoms with E-state index in [0.717, 1.165) is 24.1 Å². The van der Waals surface area contributed by atoms with Crippen LogP contribution in [-0.2, 0) is 9.12 Å². The van der Waals surface area contributed by atoms with Gasteiger partial charge in [0.25, 0.3) is 0 Å². The van der Waals surface area contributed by atoms with Crippen molar-refractivity contribution in [3.05, 3.63) is 48.3 Å². The van der Waals surface area contributed by atoms with Crippen LogP contribution in [-0.4, -0.2) is 25.6 Å². The minimum atomic E-state index is -0.842. The zero-order valence-electron chi connectivity index (χ0n) is 15.6. The van der Waals surface area contributed by atoms with Gasteiger partial charge in [-0.1, -0.05) is 67.0 Å². The summed E-state index contributed by atoms with van der Waals surface area (Å²) in [6.45, 7) is 6.51. The van der Waals surface area contributed by atoms with Gasteiger partial charge in [0.15, 0.2) is 17.3 Å². The quantitative estimate of drug-likeness (QED) is 0.571. The molecule has 0 aliphatic heterocycles. The van der Waals surface area contributed by atoms with Gasteiger partial charge >= 0.3 is 0 Å². The van der Waals surface area contributed by atoms with Gasteiger partial charge in [-0.3, -0.25) is 4.79 Å². The Morgan fingerprint density at radius 3 is 2.48 bits per heavy atom. The molecule has 2 aliphatic rings. The standard InChI is InChI=1S/C21H21BrN4O/c1-19(2)15-11-12-20(19,3)17(27)21(15,22)18-24-23-16-10-9-14(25-26(16)18)13-7-5-4-6-8-13/h4-10,15H,11-12H2,1-3H3/t15?,20?,21-/m1/s1. The van der Waals surface area contributed by atoms with E-state index in [9.17, 15) is 4.79 Å². The van der Waals surface area contributed by atoms with E-state index in [1.807, 2.05) is 42.5 Å². The lowest BCUT2D eigenvalue weighted by Crippen LogP contribution is -2.40. The predicted octanol–water partition coefficient (Wildman–Crippen LogP) is 4.41. The smallest absolute Gasteiger partial charge is 0.179 e. The Morgan fingerprint density at radius 2 is 1.81 bits per heavy atom. The van der Waals surface area contributed by atoms with Crippen LogP contribution in [0.1, 0.15) is 39.4 Å². The van der Waals surface area contributed by atoms with Gasteiger partial charge in [-0.2, -0.15) is 9.61 Å². The van der Waals surface area contributed by atoms with Crippen LogP contribution in [0.3, 0.4) is 0 Å². The first-order valence-corrected chi connectivity index (χ1v) is 10.1. The molecule has 2 unspecified atom stereocenters. The average molecular weight is 425 g/mol. The molecule has 3 atom stereocenters. The number of Topliss-reactive ketones (excluding diaryl/α,β-unsaturated/α-hetero) is 1. The van der Waals surface area contributed by atoms with E-state index in [-0.39, 0.29) is 22.5 Å². The zero-order chi connectivity index (χ0) is 19.0. The minimum Gasteiger partial charge on any atom is -0.297 e. The van der Waals surface area contributed by atoms with Gasteiger partial charge in [-0.15, -0.1) is 10.2 Å². The molecule has 27 heavy (non-hydrogen) atoms. The number of aromatic nitrogens is 4. The highest BCUT2D eigenvalue weighted by molar-refractivity contribution is 9.10. The summed E-state index contributed by atoms with van der Waals surface area (Å²) in [5.74, 6) is 0.969. The Kier molecular flexibility index (Phi) is 3.32. The topological polar surface area (TPSA) is 60.1 Å². The molecule has 2 bridgehead atoms. The number of carbonyl (C=O) groups is 1. The normalized spacial score (nSPS) is 31.7. The number of fused-ring (bicyclic) bond motifs is 3. The number of halogens is 1. The third kappa shape index (κ3) is 1.94. The van der Waals surface area contributed by atoms with Crippen LogP contribution >= 0.6 is 15.9 Å². The molecule has 6 heteroatoms. The summed E-state index contributed by atoms with van der Waals surface area (Å²) in [6, 6.07) is 13.9. The van der Waals surface area contributed by atoms with Gasteiger partial charge < -0.3 is 0 Å². The molecule has 5 nitrogen and oxygen atoms in total. The summed E-state index contributed by atoms with van der Waals surface area (Å²) >= 11 is 3.86. The number of carbonyl (C=O) groups excluding carboxylic acids is 1. The van der Waals surface area contributed by atoms with Gasteiger partial charge in [0.1, 0.15) is 4.32 Å². The van der Waals surface area contributed by atoms with E-state index in [2.05, 4.69) is 46.9 Å². The fourth-order valence-electron chi connectivity index (χ4n) is 5.20. The van der Waals surface area contributed by atoms with Crippen molar-refractivity contribution in [2.45, 2.75) is 37.9 Å². The zero-order valence-corrected chi connectivity index (χ0v) is 17.2. The Labute approximate surface area is 166 Å². The second-order valence-corrected chi connectivity index (χ2v) is 9.81. The van der Waals surface area contributed by atoms with E-state index in [1.54, 1.807) is 4.52 Å². The van der Waals surface area contributed by atoms with Gasteiger partial charge in [-0.05, 0) is 36.3 Å². The lowest BCUT2D eigenvalue weighted by atomic mass is 9.70. The molecule has 2 heterocycles. The first-order valence-electron chi connectivity index (χ1n) is 9.32. The van der Waals surface area contributed by atoms with E-state index in [4.69, 9.17) is 5.10 Å². The number of ketones is 1. The number of hydrogen-bond acceptors (Lipinski definition) is 4. The average Bonchev–Trinajstić information content (AvgIpc) is 3.23. The number of rotatable bonds is 2. The first kappa shape index (κ1) is 17.0. The third-order valence-electron chi connectivity index (χ3n) is 7.20. The molecule has 2 fully saturated rings. The predicted molar refractivity (Wildman–Crippen MR) is 106 cm³/mol. The summed E-state index contributed by atoms with van der Waals surface area (Å²) in [7, 11) is 0. The summed E-state index contributed by atoms with van der Waals surface area (Å²) in [6.07, 6.45) is 1.92. The maximum absolute atomic E-state index is 13.6. The van der Waals surface area contributed by atoms with Crippen molar-refractivity contribution >= 4 is 27.4 Å². The minimum absolute atomic E-state index is 0.101. The van der Waals surface area contributed by atoms with E-state index in [0.29, 0.717) is 11.5 Å². The molecular weight excluding hydrogens is 404 g/mol. The molecular formula is C21H21BrN4O. The number of benzene rings is 1. The van der Waals surface area contributed by atoms with Crippen LogP contribution in [0.15, 0.2) is 42.5 Å². The monoisotopic (exact) mass is 424 g/mol. The molecule has 2 aliphatic carbocycles. The first-order chi connectivity index (χ1) is 12.8. The number of alkyl halides is 1. The van der Waals surface area contributed by atoms with Crippen molar-refractivity contribution in [2.75, 3.05) is 0 Å². The van der Waals surface area contributed by atoms with E-state index >= 15 is 0 Å². The molecule has 0 amide bonds. The van der Waals surface area contributed by atoms with Gasteiger partial charge in [0, 0.05) is 11.0 Å². The second-order valence-electron chi connectivity index (χ2n) is 8.56. The summed E-state index contributed by atoms with van der Waals surface area (Å²) < 4.78 is 0.903. The van der Waals surface area contributed by atoms with Gasteiger partial charge in [-0.25, -0.2) is 0 Å². The molecule has 0 N–H and O–H groups in total. The van der Waals surface area contributed by atoms with Crippen LogP contribution in [0.4, 0.5) is 0 Å². The summed E-state index contributed by atoms with van der Waals surface area (Å²) in [5.41, 5.74) is 2.05. The van der Waals surface area contributed by atoms with Gasteiger partial charge in [0.2, 0.25) is 0 Å². The molecule has 2 saturated carbocycles. The Balaban J connectivity index is 1.71. The molecule has 2 aromatic heterocycles. The lowest BCUT2D eigenvalue weighted by Gasteiger charge is -2.32. The van der Waals surface area contributed by atoms with Crippen molar-refractivity contribution < 1.29 is 4.79 Å². The molecule has 3 aromatic rings. The number of nitrogens with zero attached hydrogens (tertiary/aromatic N) is 4. The molecule has 0 saturated heterocycles. The fourth-order valence-corrected chi connectivity index (χ4v) is 6.68. The molecule has 1 aromatic carbocycles. The van der Waals surface area contributed by atoms with Crippen molar-refractivity contribution in [1.82, 2.24) is 19.8 Å². The van der Waals surface area contributed by atoms with E-state index in [1.165, 1.54) is 0 Å². The highest BCUT2D eigenvalue weighted by Crippen LogP contribution is 2.71. The summed E-state index contributed by atoms with van der Waals surface area (Å²) in [5, 5.41) is 13.5. The second kappa shape index (κ2) is 5.25. The molecule has 0 spiro atoms. The Morgan fingerprint density at radius 1 is 1.07 bits per heavy atom. The molecule has 0 radical (unpaired) electrons. The molecule has 5 rings (SSSR count). The highest BCUT2D eigenvalue weighted by atomic mass is 79.9. The lowest BCUT2D eigenvalue weighted by molar-refractivity contribution is -0.130. The Hall–Kier alpha value is -2.08. The van der Waals surface area contributed by atoms with Crippen molar-refractivity contribution in [3.8, 4) is 11.3 Å².